The van der Waals surface area contributed by atoms with Gasteiger partial charge in [-0.15, -0.1) is 0 Å². The second-order valence-corrected chi connectivity index (χ2v) is 5.12. The Labute approximate surface area is 116 Å². The molecule has 0 fully saturated rings. The Morgan fingerprint density at radius 2 is 2.00 bits per heavy atom. The summed E-state index contributed by atoms with van der Waals surface area (Å²) in [4.78, 5) is 11.9. The van der Waals surface area contributed by atoms with E-state index in [2.05, 4.69) is 42.7 Å². The summed E-state index contributed by atoms with van der Waals surface area (Å²) in [5.41, 5.74) is 3.91. The SMILES string of the molecule is CCC(CNC)C(=O)NCCc1ccc(C)c(C)c1. The van der Waals surface area contributed by atoms with Crippen molar-refractivity contribution in [2.24, 2.45) is 5.92 Å². The molecule has 1 aromatic rings. The average Bonchev–Trinajstić information content (AvgIpc) is 2.40. The molecule has 0 bridgehead atoms. The van der Waals surface area contributed by atoms with Gasteiger partial charge in [-0.05, 0) is 50.4 Å². The van der Waals surface area contributed by atoms with E-state index in [9.17, 15) is 4.79 Å². The van der Waals surface area contributed by atoms with E-state index in [1.165, 1.54) is 16.7 Å². The molecule has 2 N–H and O–H groups in total. The molecule has 0 saturated heterocycles. The van der Waals surface area contributed by atoms with Crippen molar-refractivity contribution in [1.29, 1.82) is 0 Å². The molecule has 3 heteroatoms. The summed E-state index contributed by atoms with van der Waals surface area (Å²) in [5, 5.41) is 6.08. The predicted octanol–water partition coefficient (Wildman–Crippen LogP) is 2.21. The van der Waals surface area contributed by atoms with Crippen LogP contribution in [0.1, 0.15) is 30.0 Å². The highest BCUT2D eigenvalue weighted by atomic mass is 16.1. The summed E-state index contributed by atoms with van der Waals surface area (Å²) in [5.74, 6) is 0.227. The minimum Gasteiger partial charge on any atom is -0.355 e. The van der Waals surface area contributed by atoms with E-state index in [0.717, 1.165) is 19.4 Å². The molecule has 0 radical (unpaired) electrons. The molecule has 0 aliphatic carbocycles. The molecule has 3 nitrogen and oxygen atoms in total. The maximum atomic E-state index is 11.9. The van der Waals surface area contributed by atoms with Gasteiger partial charge < -0.3 is 10.6 Å². The van der Waals surface area contributed by atoms with E-state index >= 15 is 0 Å². The van der Waals surface area contributed by atoms with Crippen LogP contribution in [0.5, 0.6) is 0 Å². The van der Waals surface area contributed by atoms with Crippen LogP contribution in [-0.4, -0.2) is 26.0 Å². The van der Waals surface area contributed by atoms with Gasteiger partial charge in [0.05, 0.1) is 5.92 Å². The van der Waals surface area contributed by atoms with Crippen LogP contribution < -0.4 is 10.6 Å². The lowest BCUT2D eigenvalue weighted by Gasteiger charge is -2.14. The molecule has 1 rings (SSSR count). The van der Waals surface area contributed by atoms with Crippen molar-refractivity contribution in [3.05, 3.63) is 34.9 Å². The summed E-state index contributed by atoms with van der Waals surface area (Å²) < 4.78 is 0. The number of benzene rings is 1. The third-order valence-electron chi connectivity index (χ3n) is 3.60. The van der Waals surface area contributed by atoms with Gasteiger partial charge in [-0.3, -0.25) is 4.79 Å². The van der Waals surface area contributed by atoms with Gasteiger partial charge in [0.15, 0.2) is 0 Å². The van der Waals surface area contributed by atoms with Crippen molar-refractivity contribution < 1.29 is 4.79 Å². The second-order valence-electron chi connectivity index (χ2n) is 5.12. The molecule has 0 heterocycles. The Kier molecular flexibility index (Phi) is 6.57. The highest BCUT2D eigenvalue weighted by Crippen LogP contribution is 2.10. The normalized spacial score (nSPS) is 12.2. The molecule has 0 saturated carbocycles. The van der Waals surface area contributed by atoms with E-state index in [1.54, 1.807) is 0 Å². The minimum atomic E-state index is 0.0738. The standard InChI is InChI=1S/C16H26N2O/c1-5-15(11-17-4)16(19)18-9-8-14-7-6-12(2)13(3)10-14/h6-7,10,15,17H,5,8-9,11H2,1-4H3,(H,18,19). The third kappa shape index (κ3) is 5.03. The Morgan fingerprint density at radius 1 is 1.26 bits per heavy atom. The van der Waals surface area contributed by atoms with Gasteiger partial charge >= 0.3 is 0 Å². The van der Waals surface area contributed by atoms with Crippen LogP contribution in [0.3, 0.4) is 0 Å². The minimum absolute atomic E-state index is 0.0738. The second kappa shape index (κ2) is 7.95. The Morgan fingerprint density at radius 3 is 2.58 bits per heavy atom. The zero-order chi connectivity index (χ0) is 14.3. The highest BCUT2D eigenvalue weighted by Gasteiger charge is 2.14. The molecule has 1 unspecified atom stereocenters. The maximum absolute atomic E-state index is 11.9. The monoisotopic (exact) mass is 262 g/mol. The van der Waals surface area contributed by atoms with Gasteiger partial charge in [-0.25, -0.2) is 0 Å². The molecule has 0 aliphatic heterocycles. The van der Waals surface area contributed by atoms with Crippen molar-refractivity contribution in [3.63, 3.8) is 0 Å². The van der Waals surface area contributed by atoms with Gasteiger partial charge in [-0.2, -0.15) is 0 Å². The van der Waals surface area contributed by atoms with Gasteiger partial charge in [0, 0.05) is 13.1 Å². The molecule has 106 valence electrons. The number of aryl methyl sites for hydroxylation is 2. The molecule has 0 aromatic heterocycles. The molecule has 1 aromatic carbocycles. The number of hydrogen-bond donors (Lipinski definition) is 2. The van der Waals surface area contributed by atoms with Crippen LogP contribution in [0.25, 0.3) is 0 Å². The number of nitrogens with one attached hydrogen (secondary N) is 2. The summed E-state index contributed by atoms with van der Waals surface area (Å²) in [6.45, 7) is 7.74. The first-order valence-electron chi connectivity index (χ1n) is 7.07. The quantitative estimate of drug-likeness (QED) is 0.791. The lowest BCUT2D eigenvalue weighted by molar-refractivity contribution is -0.124. The van der Waals surface area contributed by atoms with E-state index in [-0.39, 0.29) is 11.8 Å². The molecule has 1 atom stereocenters. The Hall–Kier alpha value is -1.35. The number of carbonyl (C=O) groups excluding carboxylic acids is 1. The van der Waals surface area contributed by atoms with Crippen molar-refractivity contribution in [1.82, 2.24) is 10.6 Å². The van der Waals surface area contributed by atoms with Crippen molar-refractivity contribution in [2.45, 2.75) is 33.6 Å². The molecular weight excluding hydrogens is 236 g/mol. The smallest absolute Gasteiger partial charge is 0.224 e. The lowest BCUT2D eigenvalue weighted by Crippen LogP contribution is -2.36. The first kappa shape index (κ1) is 15.7. The molecule has 1 amide bonds. The van der Waals surface area contributed by atoms with Crippen LogP contribution in [0.2, 0.25) is 0 Å². The van der Waals surface area contributed by atoms with E-state index in [4.69, 9.17) is 0 Å². The first-order chi connectivity index (χ1) is 9.08. The molecular formula is C16H26N2O. The fraction of sp³-hybridized carbons (Fsp3) is 0.562. The Bertz CT molecular complexity index is 415. The van der Waals surface area contributed by atoms with Crippen LogP contribution in [-0.2, 0) is 11.2 Å². The van der Waals surface area contributed by atoms with Gasteiger partial charge in [0.25, 0.3) is 0 Å². The molecule has 0 aliphatic rings. The predicted molar refractivity (Wildman–Crippen MR) is 80.3 cm³/mol. The summed E-state index contributed by atoms with van der Waals surface area (Å²) >= 11 is 0. The lowest BCUT2D eigenvalue weighted by atomic mass is 10.0. The zero-order valence-electron chi connectivity index (χ0n) is 12.5. The van der Waals surface area contributed by atoms with Crippen LogP contribution >= 0.6 is 0 Å². The van der Waals surface area contributed by atoms with E-state index in [1.807, 2.05) is 14.0 Å². The average molecular weight is 262 g/mol. The molecule has 19 heavy (non-hydrogen) atoms. The zero-order valence-corrected chi connectivity index (χ0v) is 12.5. The van der Waals surface area contributed by atoms with Crippen molar-refractivity contribution >= 4 is 5.91 Å². The fourth-order valence-electron chi connectivity index (χ4n) is 2.10. The van der Waals surface area contributed by atoms with Gasteiger partial charge in [0.2, 0.25) is 5.91 Å². The number of hydrogen-bond acceptors (Lipinski definition) is 2. The van der Waals surface area contributed by atoms with Crippen LogP contribution in [0, 0.1) is 19.8 Å². The first-order valence-corrected chi connectivity index (χ1v) is 7.07. The molecule has 0 spiro atoms. The van der Waals surface area contributed by atoms with E-state index < -0.39 is 0 Å². The summed E-state index contributed by atoms with van der Waals surface area (Å²) in [7, 11) is 1.88. The number of rotatable bonds is 7. The van der Waals surface area contributed by atoms with Gasteiger partial charge in [-0.1, -0.05) is 25.1 Å². The number of amides is 1. The third-order valence-corrected chi connectivity index (χ3v) is 3.60. The summed E-state index contributed by atoms with van der Waals surface area (Å²) in [6, 6.07) is 6.48. The Balaban J connectivity index is 2.40. The summed E-state index contributed by atoms with van der Waals surface area (Å²) in [6.07, 6.45) is 1.76. The highest BCUT2D eigenvalue weighted by molar-refractivity contribution is 5.78. The van der Waals surface area contributed by atoms with Crippen molar-refractivity contribution in [3.8, 4) is 0 Å². The van der Waals surface area contributed by atoms with Crippen molar-refractivity contribution in [2.75, 3.05) is 20.1 Å². The topological polar surface area (TPSA) is 41.1 Å². The number of carbonyl (C=O) groups is 1. The van der Waals surface area contributed by atoms with Crippen LogP contribution in [0.4, 0.5) is 0 Å². The largest absolute Gasteiger partial charge is 0.355 e. The van der Waals surface area contributed by atoms with E-state index in [0.29, 0.717) is 6.54 Å². The fourth-order valence-corrected chi connectivity index (χ4v) is 2.10. The van der Waals surface area contributed by atoms with Gasteiger partial charge in [0.1, 0.15) is 0 Å². The van der Waals surface area contributed by atoms with Crippen LogP contribution in [0.15, 0.2) is 18.2 Å². The maximum Gasteiger partial charge on any atom is 0.224 e.